The van der Waals surface area contributed by atoms with Crippen LogP contribution in [-0.4, -0.2) is 39.7 Å². The lowest BCUT2D eigenvalue weighted by Crippen LogP contribution is -2.32. The van der Waals surface area contributed by atoms with Crippen LogP contribution in [0.15, 0.2) is 42.5 Å². The number of aromatic nitrogens is 3. The predicted octanol–water partition coefficient (Wildman–Crippen LogP) is 2.73. The van der Waals surface area contributed by atoms with Crippen molar-refractivity contribution < 1.29 is 11.0 Å². The normalized spacial score (nSPS) is 19.4. The lowest BCUT2D eigenvalue weighted by Gasteiger charge is -2.26. The Morgan fingerprint density at radius 1 is 1.18 bits per heavy atom. The molecule has 0 bridgehead atoms. The van der Waals surface area contributed by atoms with E-state index in [1.807, 2.05) is 30.3 Å². The van der Waals surface area contributed by atoms with E-state index in [4.69, 9.17) is 10.5 Å². The summed E-state index contributed by atoms with van der Waals surface area (Å²) in [5.74, 6) is 1.02. The summed E-state index contributed by atoms with van der Waals surface area (Å²) in [7, 11) is 1.61. The molecule has 1 amide bonds. The zero-order valence-electron chi connectivity index (χ0n) is 15.8. The molecule has 0 atom stereocenters. The van der Waals surface area contributed by atoms with E-state index in [0.717, 1.165) is 31.4 Å². The second-order valence-electron chi connectivity index (χ2n) is 7.01. The summed E-state index contributed by atoms with van der Waals surface area (Å²) in [6, 6.07) is 13.1. The van der Waals surface area contributed by atoms with E-state index in [0.29, 0.717) is 23.0 Å². The van der Waals surface area contributed by atoms with Gasteiger partial charge in [-0.05, 0) is 56.0 Å². The number of amides is 1. The Kier molecular flexibility index (Phi) is 5.12. The molecule has 1 aromatic carbocycles. The Hall–Kier alpha value is -3.13. The molecule has 1 aliphatic rings. The van der Waals surface area contributed by atoms with Crippen molar-refractivity contribution in [2.75, 3.05) is 12.4 Å². The molecule has 0 aliphatic heterocycles. The molecular formula is C20H26N6O2. The zero-order chi connectivity index (χ0) is 19.5. The van der Waals surface area contributed by atoms with Gasteiger partial charge in [-0.2, -0.15) is 9.50 Å². The summed E-state index contributed by atoms with van der Waals surface area (Å²) in [4.78, 5) is 16.1. The molecule has 1 saturated carbocycles. The average Bonchev–Trinajstić information content (AvgIpc) is 3.13. The van der Waals surface area contributed by atoms with Crippen molar-refractivity contribution in [1.29, 1.82) is 0 Å². The number of hydrogen-bond acceptors (Lipinski definition) is 6. The van der Waals surface area contributed by atoms with E-state index in [9.17, 15) is 4.79 Å². The monoisotopic (exact) mass is 382 g/mol. The number of nitrogens with zero attached hydrogens (tertiary/aromatic N) is 3. The molecule has 148 valence electrons. The highest BCUT2D eigenvalue weighted by Gasteiger charge is 2.21. The van der Waals surface area contributed by atoms with Crippen molar-refractivity contribution in [2.45, 2.75) is 37.8 Å². The first-order valence-electron chi connectivity index (χ1n) is 9.49. The smallest absolute Gasteiger partial charge is 0.251 e. The van der Waals surface area contributed by atoms with Crippen molar-refractivity contribution >= 4 is 23.2 Å². The van der Waals surface area contributed by atoms with Crippen LogP contribution in [0.2, 0.25) is 0 Å². The largest absolute Gasteiger partial charge is 0.474 e. The van der Waals surface area contributed by atoms with E-state index in [1.165, 1.54) is 0 Å². The third-order valence-electron chi connectivity index (χ3n) is 4.96. The van der Waals surface area contributed by atoms with Crippen LogP contribution in [0.1, 0.15) is 37.5 Å². The van der Waals surface area contributed by atoms with Gasteiger partial charge in [0.05, 0.1) is 0 Å². The number of anilines is 2. The minimum absolute atomic E-state index is 0. The van der Waals surface area contributed by atoms with Crippen molar-refractivity contribution in [3.63, 3.8) is 0 Å². The van der Waals surface area contributed by atoms with Crippen molar-refractivity contribution in [2.24, 2.45) is 5.73 Å². The van der Waals surface area contributed by atoms with Gasteiger partial charge in [0, 0.05) is 31.8 Å². The third kappa shape index (κ3) is 3.91. The summed E-state index contributed by atoms with van der Waals surface area (Å²) in [6.45, 7) is 0. The molecule has 1 aliphatic carbocycles. The molecule has 4 N–H and O–H groups in total. The van der Waals surface area contributed by atoms with Crippen LogP contribution in [0.4, 0.5) is 11.6 Å². The van der Waals surface area contributed by atoms with E-state index < -0.39 is 0 Å². The molecule has 1 fully saturated rings. The fourth-order valence-electron chi connectivity index (χ4n) is 3.38. The summed E-state index contributed by atoms with van der Waals surface area (Å²) in [6.07, 6.45) is 4.03. The van der Waals surface area contributed by atoms with Crippen LogP contribution in [0.25, 0.3) is 5.65 Å². The van der Waals surface area contributed by atoms with Crippen LogP contribution in [0.3, 0.4) is 0 Å². The summed E-state index contributed by atoms with van der Waals surface area (Å²) >= 11 is 0. The fraction of sp³-hybridized carbons (Fsp3) is 0.350. The van der Waals surface area contributed by atoms with Crippen LogP contribution < -0.4 is 21.1 Å². The predicted molar refractivity (Wildman–Crippen MR) is 109 cm³/mol. The fourth-order valence-corrected chi connectivity index (χ4v) is 3.38. The third-order valence-corrected chi connectivity index (χ3v) is 4.96. The lowest BCUT2D eigenvalue weighted by molar-refractivity contribution is 0.0963. The van der Waals surface area contributed by atoms with Gasteiger partial charge in [0.1, 0.15) is 6.10 Å². The number of fused-ring (bicyclic) bond motifs is 1. The molecule has 4 rings (SSSR count). The summed E-state index contributed by atoms with van der Waals surface area (Å²) < 4.78 is 7.87. The zero-order valence-corrected chi connectivity index (χ0v) is 15.8. The minimum Gasteiger partial charge on any atom is -0.474 e. The van der Waals surface area contributed by atoms with Gasteiger partial charge >= 0.3 is 0 Å². The van der Waals surface area contributed by atoms with Gasteiger partial charge in [-0.3, -0.25) is 4.79 Å². The molecule has 2 aromatic heterocycles. The number of benzene rings is 1. The van der Waals surface area contributed by atoms with Gasteiger partial charge < -0.3 is 21.1 Å². The van der Waals surface area contributed by atoms with Crippen molar-refractivity contribution in [1.82, 2.24) is 19.9 Å². The minimum atomic E-state index is -0.122. The Morgan fingerprint density at radius 3 is 2.64 bits per heavy atom. The van der Waals surface area contributed by atoms with Gasteiger partial charge in [-0.1, -0.05) is 6.07 Å². The second kappa shape index (κ2) is 7.85. The van der Waals surface area contributed by atoms with Gasteiger partial charge in [0.15, 0.2) is 5.65 Å². The molecule has 8 nitrogen and oxygen atoms in total. The van der Waals surface area contributed by atoms with Crippen molar-refractivity contribution in [3.8, 4) is 5.88 Å². The maximum Gasteiger partial charge on any atom is 0.251 e. The van der Waals surface area contributed by atoms with E-state index >= 15 is 0 Å². The number of carbonyl (C=O) groups is 1. The number of pyridine rings is 1. The van der Waals surface area contributed by atoms with Crippen LogP contribution in [-0.2, 0) is 0 Å². The van der Waals surface area contributed by atoms with Gasteiger partial charge in [-0.15, -0.1) is 5.10 Å². The standard InChI is InChI=1S/C20H24N6O2.H2/c1-22-19(27)13-5-9-15(10-6-13)23-20-24-17-3-2-4-18(26(17)25-20)28-16-11-7-14(21)8-12-16;/h2-6,9-10,14,16H,7-8,11-12,21H2,1H3,(H,22,27)(H,23,25);1H. The number of hydrogen-bond donors (Lipinski definition) is 3. The van der Waals surface area contributed by atoms with Gasteiger partial charge in [0.2, 0.25) is 11.8 Å². The molecular weight excluding hydrogens is 356 g/mol. The first-order chi connectivity index (χ1) is 13.6. The molecule has 0 saturated heterocycles. The molecule has 3 aromatic rings. The lowest BCUT2D eigenvalue weighted by atomic mass is 9.94. The molecule has 0 radical (unpaired) electrons. The van der Waals surface area contributed by atoms with Gasteiger partial charge in [-0.25, -0.2) is 0 Å². The average molecular weight is 382 g/mol. The molecule has 28 heavy (non-hydrogen) atoms. The highest BCUT2D eigenvalue weighted by Crippen LogP contribution is 2.24. The molecule has 0 unspecified atom stereocenters. The Bertz CT molecular complexity index is 967. The summed E-state index contributed by atoms with van der Waals surface area (Å²) in [5.41, 5.74) is 8.08. The van der Waals surface area contributed by atoms with Crippen molar-refractivity contribution in [3.05, 3.63) is 48.0 Å². The van der Waals surface area contributed by atoms with Crippen LogP contribution >= 0.6 is 0 Å². The van der Waals surface area contributed by atoms with E-state index in [1.54, 1.807) is 23.7 Å². The van der Waals surface area contributed by atoms with Crippen LogP contribution in [0.5, 0.6) is 5.88 Å². The first kappa shape index (κ1) is 18.2. The molecule has 8 heteroatoms. The Labute approximate surface area is 164 Å². The quantitative estimate of drug-likeness (QED) is 0.626. The van der Waals surface area contributed by atoms with E-state index in [2.05, 4.69) is 20.7 Å². The molecule has 2 heterocycles. The Balaban J connectivity index is 0.00000240. The SMILES string of the molecule is CNC(=O)c1ccc(Nc2nc3cccc(OC4CCC(N)CC4)n3n2)cc1.[HH]. The highest BCUT2D eigenvalue weighted by molar-refractivity contribution is 5.94. The molecule has 0 spiro atoms. The number of nitrogens with one attached hydrogen (secondary N) is 2. The first-order valence-corrected chi connectivity index (χ1v) is 9.49. The second-order valence-corrected chi connectivity index (χ2v) is 7.01. The maximum absolute atomic E-state index is 11.6. The number of ether oxygens (including phenoxy) is 1. The van der Waals surface area contributed by atoms with Gasteiger partial charge in [0.25, 0.3) is 5.91 Å². The topological polar surface area (TPSA) is 107 Å². The van der Waals surface area contributed by atoms with Crippen LogP contribution in [0, 0.1) is 0 Å². The number of nitrogens with two attached hydrogens (primary N) is 1. The summed E-state index contributed by atoms with van der Waals surface area (Å²) in [5, 5.41) is 10.3. The van der Waals surface area contributed by atoms with E-state index in [-0.39, 0.29) is 19.5 Å². The number of rotatable bonds is 5. The Morgan fingerprint density at radius 2 is 1.93 bits per heavy atom. The maximum atomic E-state index is 11.6. The highest BCUT2D eigenvalue weighted by atomic mass is 16.5. The number of carbonyl (C=O) groups excluding carboxylic acids is 1.